The molecule has 5 aromatic rings. The van der Waals surface area contributed by atoms with Crippen LogP contribution >= 0.6 is 0 Å². The number of anilines is 3. The fraction of sp³-hybridized carbons (Fsp3) is 0.192. The van der Waals surface area contributed by atoms with Gasteiger partial charge in [-0.05, 0) is 30.3 Å². The fourth-order valence-electron chi connectivity index (χ4n) is 4.59. The van der Waals surface area contributed by atoms with E-state index in [0.717, 1.165) is 48.7 Å². The van der Waals surface area contributed by atoms with E-state index in [9.17, 15) is 8.42 Å². The van der Waals surface area contributed by atoms with E-state index < -0.39 is 10.0 Å². The van der Waals surface area contributed by atoms with E-state index in [1.54, 1.807) is 43.8 Å². The van der Waals surface area contributed by atoms with Crippen molar-refractivity contribution in [1.29, 1.82) is 0 Å². The van der Waals surface area contributed by atoms with Crippen LogP contribution in [-0.2, 0) is 10.0 Å². The van der Waals surface area contributed by atoms with E-state index in [1.165, 1.54) is 10.2 Å². The average Bonchev–Trinajstić information content (AvgIpc) is 3.37. The Morgan fingerprint density at radius 1 is 1.00 bits per heavy atom. The topological polar surface area (TPSA) is 114 Å². The number of nitrogens with zero attached hydrogens (tertiary/aromatic N) is 5. The molecule has 0 atom stereocenters. The van der Waals surface area contributed by atoms with Crippen LogP contribution in [0.25, 0.3) is 21.9 Å². The van der Waals surface area contributed by atoms with E-state index in [2.05, 4.69) is 30.5 Å². The van der Waals surface area contributed by atoms with Crippen LogP contribution in [-0.4, -0.2) is 60.6 Å². The largest absolute Gasteiger partial charge is 0.495 e. The lowest BCUT2D eigenvalue weighted by Gasteiger charge is -2.30. The molecule has 0 unspecified atom stereocenters. The molecule has 3 aromatic heterocycles. The van der Waals surface area contributed by atoms with Gasteiger partial charge in [-0.15, -0.1) is 0 Å². The van der Waals surface area contributed by atoms with Crippen LogP contribution < -0.4 is 20.3 Å². The number of hydrogen-bond donors (Lipinski definition) is 2. The Morgan fingerprint density at radius 3 is 2.68 bits per heavy atom. The van der Waals surface area contributed by atoms with Crippen LogP contribution in [0.15, 0.2) is 78.1 Å². The van der Waals surface area contributed by atoms with Gasteiger partial charge in [0.25, 0.3) is 10.0 Å². The predicted octanol–water partition coefficient (Wildman–Crippen LogP) is 3.38. The third-order valence-electron chi connectivity index (χ3n) is 6.42. The highest BCUT2D eigenvalue weighted by molar-refractivity contribution is 7.90. The van der Waals surface area contributed by atoms with E-state index in [4.69, 9.17) is 4.74 Å². The standard InChI is InChI=1S/C26H25N7O3S/c1-36-22-16-20(7-8-21(22)32-14-11-27-12-15-32)30-26-29-17-19-9-13-33(25(19)31-26)37(34,35)23-6-2-4-18-5-3-10-28-24(18)23/h2-10,13,16-17,27H,11-12,14-15H2,1H3,(H,29,30,31). The Hall–Kier alpha value is -4.22. The van der Waals surface area contributed by atoms with Gasteiger partial charge in [-0.1, -0.05) is 18.2 Å². The lowest BCUT2D eigenvalue weighted by atomic mass is 10.2. The lowest BCUT2D eigenvalue weighted by molar-refractivity contribution is 0.413. The van der Waals surface area contributed by atoms with Gasteiger partial charge in [0, 0.05) is 67.3 Å². The van der Waals surface area contributed by atoms with Gasteiger partial charge in [0.15, 0.2) is 5.65 Å². The Bertz CT molecular complexity index is 1710. The summed E-state index contributed by atoms with van der Waals surface area (Å²) in [4.78, 5) is 15.6. The zero-order valence-electron chi connectivity index (χ0n) is 20.1. The zero-order valence-corrected chi connectivity index (χ0v) is 20.9. The Labute approximate surface area is 214 Å². The minimum absolute atomic E-state index is 0.115. The molecule has 10 nitrogen and oxygen atoms in total. The molecule has 188 valence electrons. The Balaban J connectivity index is 1.35. The summed E-state index contributed by atoms with van der Waals surface area (Å²) >= 11 is 0. The first kappa shape index (κ1) is 23.2. The van der Waals surface area contributed by atoms with E-state index in [1.807, 2.05) is 30.3 Å². The maximum Gasteiger partial charge on any atom is 0.271 e. The molecule has 0 radical (unpaired) electrons. The molecule has 0 bridgehead atoms. The van der Waals surface area contributed by atoms with Gasteiger partial charge in [-0.3, -0.25) is 4.98 Å². The second-order valence-electron chi connectivity index (χ2n) is 8.67. The molecule has 1 fully saturated rings. The van der Waals surface area contributed by atoms with Crippen molar-refractivity contribution in [3.05, 3.63) is 73.2 Å². The minimum atomic E-state index is -3.96. The van der Waals surface area contributed by atoms with Crippen molar-refractivity contribution in [2.45, 2.75) is 4.90 Å². The number of piperazine rings is 1. The van der Waals surface area contributed by atoms with Crippen molar-refractivity contribution in [3.8, 4) is 5.75 Å². The average molecular weight is 516 g/mol. The molecule has 37 heavy (non-hydrogen) atoms. The molecular weight excluding hydrogens is 490 g/mol. The molecule has 1 aliphatic heterocycles. The second-order valence-corrected chi connectivity index (χ2v) is 10.5. The van der Waals surface area contributed by atoms with Crippen LogP contribution in [0.1, 0.15) is 0 Å². The zero-order chi connectivity index (χ0) is 25.4. The maximum atomic E-state index is 13.7. The number of fused-ring (bicyclic) bond motifs is 2. The third kappa shape index (κ3) is 4.21. The van der Waals surface area contributed by atoms with E-state index in [-0.39, 0.29) is 16.5 Å². The molecule has 0 amide bonds. The number of hydrogen-bond acceptors (Lipinski definition) is 9. The van der Waals surface area contributed by atoms with E-state index >= 15 is 0 Å². The van der Waals surface area contributed by atoms with Gasteiger partial charge in [-0.25, -0.2) is 17.4 Å². The van der Waals surface area contributed by atoms with Gasteiger partial charge in [0.1, 0.15) is 10.6 Å². The predicted molar refractivity (Wildman–Crippen MR) is 143 cm³/mol. The fourth-order valence-corrected chi connectivity index (χ4v) is 6.06. The summed E-state index contributed by atoms with van der Waals surface area (Å²) in [6.45, 7) is 3.66. The van der Waals surface area contributed by atoms with Crippen LogP contribution in [0.4, 0.5) is 17.3 Å². The Kier molecular flexibility index (Phi) is 5.85. The summed E-state index contributed by atoms with van der Waals surface area (Å²) in [5.74, 6) is 1.01. The van der Waals surface area contributed by atoms with Crippen LogP contribution in [0.2, 0.25) is 0 Å². The Morgan fingerprint density at radius 2 is 1.84 bits per heavy atom. The maximum absolute atomic E-state index is 13.7. The first-order chi connectivity index (χ1) is 18.0. The highest BCUT2D eigenvalue weighted by Crippen LogP contribution is 2.33. The van der Waals surface area contributed by atoms with Gasteiger partial charge in [0.05, 0.1) is 18.3 Å². The molecule has 0 spiro atoms. The minimum Gasteiger partial charge on any atom is -0.495 e. The quantitative estimate of drug-likeness (QED) is 0.351. The highest BCUT2D eigenvalue weighted by atomic mass is 32.2. The number of rotatable bonds is 6. The number of benzene rings is 2. The molecule has 1 saturated heterocycles. The number of pyridine rings is 1. The molecule has 4 heterocycles. The van der Waals surface area contributed by atoms with Crippen molar-refractivity contribution < 1.29 is 13.2 Å². The summed E-state index contributed by atoms with van der Waals surface area (Å²) < 4.78 is 34.2. The van der Waals surface area contributed by atoms with Gasteiger partial charge < -0.3 is 20.3 Å². The highest BCUT2D eigenvalue weighted by Gasteiger charge is 2.23. The van der Waals surface area contributed by atoms with Gasteiger partial charge in [-0.2, -0.15) is 4.98 Å². The van der Waals surface area contributed by atoms with Crippen LogP contribution in [0, 0.1) is 0 Å². The van der Waals surface area contributed by atoms with Crippen LogP contribution in [0.3, 0.4) is 0 Å². The van der Waals surface area contributed by atoms with Gasteiger partial charge >= 0.3 is 0 Å². The monoisotopic (exact) mass is 515 g/mol. The lowest BCUT2D eigenvalue weighted by Crippen LogP contribution is -2.43. The number of aromatic nitrogens is 4. The van der Waals surface area contributed by atoms with Crippen molar-refractivity contribution in [1.82, 2.24) is 24.2 Å². The van der Waals surface area contributed by atoms with Crippen LogP contribution in [0.5, 0.6) is 5.75 Å². The van der Waals surface area contributed by atoms with Crippen molar-refractivity contribution >= 4 is 49.3 Å². The smallest absolute Gasteiger partial charge is 0.271 e. The molecular formula is C26H25N7O3S. The summed E-state index contributed by atoms with van der Waals surface area (Å²) in [5, 5.41) is 7.89. The molecule has 2 aromatic carbocycles. The SMILES string of the molecule is COc1cc(Nc2ncc3ccn(S(=O)(=O)c4cccc5cccnc45)c3n2)ccc1N1CCNCC1. The summed E-state index contributed by atoms with van der Waals surface area (Å²) in [5.41, 5.74) is 2.44. The molecule has 0 saturated carbocycles. The van der Waals surface area contributed by atoms with Crippen molar-refractivity contribution in [2.24, 2.45) is 0 Å². The molecule has 2 N–H and O–H groups in total. The molecule has 6 rings (SSSR count). The third-order valence-corrected chi connectivity index (χ3v) is 8.12. The van der Waals surface area contributed by atoms with E-state index in [0.29, 0.717) is 10.9 Å². The number of methoxy groups -OCH3 is 1. The van der Waals surface area contributed by atoms with Crippen molar-refractivity contribution in [3.63, 3.8) is 0 Å². The summed E-state index contributed by atoms with van der Waals surface area (Å²) in [6, 6.07) is 16.2. The molecule has 11 heteroatoms. The second kappa shape index (κ2) is 9.34. The first-order valence-electron chi connectivity index (χ1n) is 11.9. The first-order valence-corrected chi connectivity index (χ1v) is 13.3. The molecule has 1 aliphatic rings. The summed E-state index contributed by atoms with van der Waals surface area (Å²) in [7, 11) is -2.32. The van der Waals surface area contributed by atoms with Gasteiger partial charge in [0.2, 0.25) is 5.95 Å². The number of nitrogens with one attached hydrogen (secondary N) is 2. The summed E-state index contributed by atoms with van der Waals surface area (Å²) in [6.07, 6.45) is 4.68. The number of para-hydroxylation sites is 1. The van der Waals surface area contributed by atoms with Crippen molar-refractivity contribution in [2.75, 3.05) is 43.5 Å². The molecule has 0 aliphatic carbocycles. The normalized spacial score (nSPS) is 14.2. The number of ether oxygens (including phenoxy) is 1.